The van der Waals surface area contributed by atoms with Crippen molar-refractivity contribution in [1.82, 2.24) is 9.88 Å². The number of hydrogen-bond donors (Lipinski definition) is 2. The Morgan fingerprint density at radius 3 is 2.64 bits per heavy atom. The van der Waals surface area contributed by atoms with Gasteiger partial charge in [0, 0.05) is 42.7 Å². The Morgan fingerprint density at radius 2 is 1.94 bits per heavy atom. The Kier molecular flexibility index (Phi) is 8.61. The number of pyridine rings is 1. The van der Waals surface area contributed by atoms with E-state index in [1.165, 1.54) is 6.20 Å². The molecule has 1 amide bonds. The monoisotopic (exact) mass is 487 g/mol. The zero-order valence-electron chi connectivity index (χ0n) is 20.7. The molecule has 0 bridgehead atoms. The lowest BCUT2D eigenvalue weighted by atomic mass is 9.90. The number of likely N-dealkylation sites (N-methyl/N-ethyl adjacent to an activating group) is 1. The first-order valence-corrected chi connectivity index (χ1v) is 12.1. The van der Waals surface area contributed by atoms with Gasteiger partial charge in [-0.25, -0.2) is 0 Å². The van der Waals surface area contributed by atoms with Gasteiger partial charge < -0.3 is 24.8 Å². The highest BCUT2D eigenvalue weighted by molar-refractivity contribution is 6.04. The highest BCUT2D eigenvalue weighted by atomic mass is 16.7. The minimum Gasteiger partial charge on any atom is -0.392 e. The van der Waals surface area contributed by atoms with Crippen LogP contribution in [0, 0.1) is 5.92 Å². The second-order valence-corrected chi connectivity index (χ2v) is 9.15. The molecule has 1 aliphatic rings. The molecule has 0 radical (unpaired) electrons. The molecule has 4 rings (SSSR count). The zero-order chi connectivity index (χ0) is 25.5. The van der Waals surface area contributed by atoms with Gasteiger partial charge in [0.2, 0.25) is 0 Å². The van der Waals surface area contributed by atoms with Crippen LogP contribution in [-0.2, 0) is 16.1 Å². The van der Waals surface area contributed by atoms with Crippen molar-refractivity contribution in [1.29, 1.82) is 0 Å². The second-order valence-electron chi connectivity index (χ2n) is 9.15. The number of aromatic nitrogens is 1. The summed E-state index contributed by atoms with van der Waals surface area (Å²) in [4.78, 5) is 18.8. The van der Waals surface area contributed by atoms with E-state index in [0.717, 1.165) is 29.8 Å². The number of benzene rings is 2. The minimum absolute atomic E-state index is 0.000374. The molecule has 2 aromatic carbocycles. The number of nitrogens with zero attached hydrogens (tertiary/aromatic N) is 2. The topological polar surface area (TPSA) is 83.9 Å². The maximum Gasteiger partial charge on any atom is 0.257 e. The fraction of sp³-hybridized carbons (Fsp3) is 0.310. The SMILES string of the molecule is C=CCN(C)C[C@H]1O[C@@H](c2cccc(NC(=O)c3cccnc3)c2)O[C@@H](c2ccc(CO)cc2)[C@H]1C. The van der Waals surface area contributed by atoms with Crippen LogP contribution in [0.4, 0.5) is 5.69 Å². The van der Waals surface area contributed by atoms with E-state index in [1.807, 2.05) is 61.7 Å². The molecule has 3 aromatic rings. The van der Waals surface area contributed by atoms with Gasteiger partial charge in [-0.15, -0.1) is 6.58 Å². The van der Waals surface area contributed by atoms with Crippen LogP contribution in [0.25, 0.3) is 0 Å². The summed E-state index contributed by atoms with van der Waals surface area (Å²) in [5.41, 5.74) is 3.84. The Balaban J connectivity index is 1.58. The van der Waals surface area contributed by atoms with E-state index < -0.39 is 6.29 Å². The molecular formula is C29H33N3O4. The Hall–Kier alpha value is -3.36. The predicted octanol–water partition coefficient (Wildman–Crippen LogP) is 4.74. The average Bonchev–Trinajstić information content (AvgIpc) is 2.90. The van der Waals surface area contributed by atoms with Crippen LogP contribution in [0.2, 0.25) is 0 Å². The number of ether oxygens (including phenoxy) is 2. The number of aliphatic hydroxyl groups is 1. The lowest BCUT2D eigenvalue weighted by Crippen LogP contribution is -2.43. The van der Waals surface area contributed by atoms with Crippen LogP contribution in [0.3, 0.4) is 0 Å². The molecule has 0 saturated carbocycles. The van der Waals surface area contributed by atoms with Crippen LogP contribution in [0.15, 0.2) is 85.7 Å². The smallest absolute Gasteiger partial charge is 0.257 e. The first-order chi connectivity index (χ1) is 17.5. The van der Waals surface area contributed by atoms with Gasteiger partial charge in [-0.2, -0.15) is 0 Å². The fourth-order valence-corrected chi connectivity index (χ4v) is 4.39. The largest absolute Gasteiger partial charge is 0.392 e. The number of rotatable bonds is 9. The van der Waals surface area contributed by atoms with E-state index in [4.69, 9.17) is 9.47 Å². The molecule has 4 atom stereocenters. The summed E-state index contributed by atoms with van der Waals surface area (Å²) >= 11 is 0. The second kappa shape index (κ2) is 12.1. The average molecular weight is 488 g/mol. The fourth-order valence-electron chi connectivity index (χ4n) is 4.39. The van der Waals surface area contributed by atoms with Gasteiger partial charge in [-0.3, -0.25) is 9.78 Å². The summed E-state index contributed by atoms with van der Waals surface area (Å²) in [7, 11) is 2.04. The summed E-state index contributed by atoms with van der Waals surface area (Å²) in [5.74, 6) is -0.146. The summed E-state index contributed by atoms with van der Waals surface area (Å²) in [6, 6.07) is 18.8. The molecule has 0 spiro atoms. The third-order valence-corrected chi connectivity index (χ3v) is 6.40. The number of aliphatic hydroxyl groups excluding tert-OH is 1. The van der Waals surface area contributed by atoms with Gasteiger partial charge in [0.1, 0.15) is 0 Å². The third-order valence-electron chi connectivity index (χ3n) is 6.40. The number of carbonyl (C=O) groups is 1. The molecule has 2 N–H and O–H groups in total. The highest BCUT2D eigenvalue weighted by Crippen LogP contribution is 2.42. The van der Waals surface area contributed by atoms with E-state index in [9.17, 15) is 9.90 Å². The first kappa shape index (κ1) is 25.7. The lowest BCUT2D eigenvalue weighted by Gasteiger charge is -2.42. The third kappa shape index (κ3) is 6.25. The lowest BCUT2D eigenvalue weighted by molar-refractivity contribution is -0.275. The van der Waals surface area contributed by atoms with Crippen molar-refractivity contribution in [2.24, 2.45) is 5.92 Å². The van der Waals surface area contributed by atoms with E-state index >= 15 is 0 Å². The predicted molar refractivity (Wildman–Crippen MR) is 139 cm³/mol. The number of hydrogen-bond acceptors (Lipinski definition) is 6. The van der Waals surface area contributed by atoms with Gasteiger partial charge in [0.25, 0.3) is 5.91 Å². The molecule has 0 unspecified atom stereocenters. The molecule has 1 aliphatic heterocycles. The van der Waals surface area contributed by atoms with Gasteiger partial charge in [0.05, 0.1) is 24.4 Å². The molecular weight excluding hydrogens is 454 g/mol. The van der Waals surface area contributed by atoms with E-state index in [-0.39, 0.29) is 30.6 Å². The maximum atomic E-state index is 12.6. The summed E-state index contributed by atoms with van der Waals surface area (Å²) in [6.45, 7) is 7.45. The Bertz CT molecular complexity index is 1150. The van der Waals surface area contributed by atoms with Crippen molar-refractivity contribution in [2.75, 3.05) is 25.5 Å². The first-order valence-electron chi connectivity index (χ1n) is 12.1. The molecule has 36 heavy (non-hydrogen) atoms. The summed E-state index contributed by atoms with van der Waals surface area (Å²) < 4.78 is 13.0. The van der Waals surface area contributed by atoms with Crippen LogP contribution in [0.1, 0.15) is 46.4 Å². The van der Waals surface area contributed by atoms with E-state index in [1.54, 1.807) is 18.3 Å². The Labute approximate surface area is 212 Å². The van der Waals surface area contributed by atoms with Gasteiger partial charge in [0.15, 0.2) is 6.29 Å². The van der Waals surface area contributed by atoms with Crippen LogP contribution in [-0.4, -0.2) is 47.1 Å². The van der Waals surface area contributed by atoms with E-state index in [2.05, 4.69) is 28.7 Å². The number of anilines is 1. The highest BCUT2D eigenvalue weighted by Gasteiger charge is 2.38. The van der Waals surface area contributed by atoms with Crippen molar-refractivity contribution in [3.63, 3.8) is 0 Å². The molecule has 1 saturated heterocycles. The number of nitrogens with one attached hydrogen (secondary N) is 1. The van der Waals surface area contributed by atoms with Crippen molar-refractivity contribution in [3.8, 4) is 0 Å². The van der Waals surface area contributed by atoms with Crippen molar-refractivity contribution in [3.05, 3.63) is 108 Å². The number of carbonyl (C=O) groups excluding carboxylic acids is 1. The summed E-state index contributed by atoms with van der Waals surface area (Å²) in [5, 5.41) is 12.4. The van der Waals surface area contributed by atoms with Crippen LogP contribution in [0.5, 0.6) is 0 Å². The van der Waals surface area contributed by atoms with Gasteiger partial charge in [-0.1, -0.05) is 49.4 Å². The van der Waals surface area contributed by atoms with Crippen molar-refractivity contribution >= 4 is 11.6 Å². The minimum atomic E-state index is -0.610. The molecule has 2 heterocycles. The Morgan fingerprint density at radius 1 is 1.14 bits per heavy atom. The molecule has 7 heteroatoms. The standard InChI is InChI=1S/C29H33N3O4/c1-4-15-32(3)18-26-20(2)27(22-12-10-21(19-33)11-13-22)36-29(35-26)23-7-5-9-25(16-23)31-28(34)24-8-6-14-30-17-24/h4-14,16-17,20,26-27,29,33H,1,15,18-19H2,2-3H3,(H,31,34)/t20-,26+,27+,29+/m0/s1. The zero-order valence-corrected chi connectivity index (χ0v) is 20.7. The normalized spacial score (nSPS) is 21.8. The van der Waals surface area contributed by atoms with E-state index in [0.29, 0.717) is 11.3 Å². The quantitative estimate of drug-likeness (QED) is 0.425. The van der Waals surface area contributed by atoms with Gasteiger partial charge >= 0.3 is 0 Å². The summed E-state index contributed by atoms with van der Waals surface area (Å²) in [6.07, 6.45) is 4.14. The maximum absolute atomic E-state index is 12.6. The molecule has 7 nitrogen and oxygen atoms in total. The van der Waals surface area contributed by atoms with Crippen LogP contribution < -0.4 is 5.32 Å². The van der Waals surface area contributed by atoms with Crippen molar-refractivity contribution in [2.45, 2.75) is 32.0 Å². The molecule has 188 valence electrons. The number of amides is 1. The molecule has 0 aliphatic carbocycles. The van der Waals surface area contributed by atoms with Crippen molar-refractivity contribution < 1.29 is 19.4 Å². The van der Waals surface area contributed by atoms with Crippen LogP contribution >= 0.6 is 0 Å². The van der Waals surface area contributed by atoms with Gasteiger partial charge in [-0.05, 0) is 42.4 Å². The molecule has 1 fully saturated rings. The molecule has 1 aromatic heterocycles.